The first-order valence-corrected chi connectivity index (χ1v) is 5.28. The summed E-state index contributed by atoms with van der Waals surface area (Å²) in [7, 11) is 0. The first-order chi connectivity index (χ1) is 5.93. The molecule has 0 saturated heterocycles. The van der Waals surface area contributed by atoms with E-state index in [1.54, 1.807) is 0 Å². The molecule has 1 aromatic rings. The number of rotatable bonds is 5. The normalized spacial score (nSPS) is 10.1. The van der Waals surface area contributed by atoms with E-state index in [0.717, 1.165) is 18.3 Å². The quantitative estimate of drug-likeness (QED) is 0.511. The van der Waals surface area contributed by atoms with Gasteiger partial charge in [0.05, 0.1) is 5.94 Å². The Bertz CT molecular complexity index is 198. The minimum absolute atomic E-state index is 0.797. The van der Waals surface area contributed by atoms with Crippen molar-refractivity contribution in [2.24, 2.45) is 0 Å². The SMILES string of the molecule is CCOCSCc1ccccc1. The van der Waals surface area contributed by atoms with Gasteiger partial charge in [0.2, 0.25) is 0 Å². The van der Waals surface area contributed by atoms with E-state index in [0.29, 0.717) is 0 Å². The summed E-state index contributed by atoms with van der Waals surface area (Å²) in [5, 5.41) is 0. The van der Waals surface area contributed by atoms with Crippen molar-refractivity contribution in [3.05, 3.63) is 35.9 Å². The van der Waals surface area contributed by atoms with Gasteiger partial charge in [-0.15, -0.1) is 11.8 Å². The zero-order valence-corrected chi connectivity index (χ0v) is 8.14. The molecule has 66 valence electrons. The summed E-state index contributed by atoms with van der Waals surface area (Å²) in [6.45, 7) is 2.82. The summed E-state index contributed by atoms with van der Waals surface area (Å²) in [5.41, 5.74) is 1.36. The van der Waals surface area contributed by atoms with Crippen LogP contribution < -0.4 is 0 Å². The third kappa shape index (κ3) is 3.79. The van der Waals surface area contributed by atoms with Crippen molar-refractivity contribution < 1.29 is 4.74 Å². The second-order valence-corrected chi connectivity index (χ2v) is 3.38. The van der Waals surface area contributed by atoms with Crippen LogP contribution in [0.1, 0.15) is 12.5 Å². The highest BCUT2D eigenvalue weighted by Gasteiger charge is 1.90. The van der Waals surface area contributed by atoms with Crippen LogP contribution in [-0.2, 0) is 10.5 Å². The van der Waals surface area contributed by atoms with E-state index in [4.69, 9.17) is 4.74 Å². The highest BCUT2D eigenvalue weighted by atomic mass is 32.2. The van der Waals surface area contributed by atoms with E-state index < -0.39 is 0 Å². The van der Waals surface area contributed by atoms with Gasteiger partial charge in [0.1, 0.15) is 0 Å². The Labute approximate surface area is 78.1 Å². The number of ether oxygens (including phenoxy) is 1. The zero-order valence-electron chi connectivity index (χ0n) is 7.32. The summed E-state index contributed by atoms with van der Waals surface area (Å²) in [4.78, 5) is 0. The van der Waals surface area contributed by atoms with Gasteiger partial charge < -0.3 is 4.74 Å². The summed E-state index contributed by atoms with van der Waals surface area (Å²) < 4.78 is 5.22. The van der Waals surface area contributed by atoms with E-state index in [1.807, 2.05) is 24.8 Å². The van der Waals surface area contributed by atoms with Crippen molar-refractivity contribution in [3.63, 3.8) is 0 Å². The molecule has 0 fully saturated rings. The van der Waals surface area contributed by atoms with Gasteiger partial charge in [0, 0.05) is 12.4 Å². The highest BCUT2D eigenvalue weighted by molar-refractivity contribution is 7.98. The average molecular weight is 182 g/mol. The van der Waals surface area contributed by atoms with Crippen LogP contribution in [0.3, 0.4) is 0 Å². The van der Waals surface area contributed by atoms with Crippen molar-refractivity contribution in [3.8, 4) is 0 Å². The van der Waals surface area contributed by atoms with Crippen LogP contribution in [0.15, 0.2) is 30.3 Å². The highest BCUT2D eigenvalue weighted by Crippen LogP contribution is 2.11. The minimum Gasteiger partial charge on any atom is -0.371 e. The predicted molar refractivity (Wildman–Crippen MR) is 54.2 cm³/mol. The van der Waals surface area contributed by atoms with Gasteiger partial charge in [0.15, 0.2) is 0 Å². The van der Waals surface area contributed by atoms with Crippen LogP contribution in [0.4, 0.5) is 0 Å². The van der Waals surface area contributed by atoms with Gasteiger partial charge in [0.25, 0.3) is 0 Å². The maximum absolute atomic E-state index is 5.22. The van der Waals surface area contributed by atoms with Gasteiger partial charge in [-0.2, -0.15) is 0 Å². The maximum Gasteiger partial charge on any atom is 0.0923 e. The van der Waals surface area contributed by atoms with E-state index in [1.165, 1.54) is 5.56 Å². The number of hydrogen-bond donors (Lipinski definition) is 0. The van der Waals surface area contributed by atoms with Gasteiger partial charge >= 0.3 is 0 Å². The minimum atomic E-state index is 0.797. The number of thioether (sulfide) groups is 1. The average Bonchev–Trinajstić information content (AvgIpc) is 2.14. The third-order valence-electron chi connectivity index (χ3n) is 1.48. The molecule has 0 atom stereocenters. The third-order valence-corrected chi connectivity index (χ3v) is 2.35. The fourth-order valence-corrected chi connectivity index (χ4v) is 1.67. The smallest absolute Gasteiger partial charge is 0.0923 e. The van der Waals surface area contributed by atoms with Crippen LogP contribution in [0.5, 0.6) is 0 Å². The lowest BCUT2D eigenvalue weighted by atomic mass is 10.2. The Hall–Kier alpha value is -0.470. The van der Waals surface area contributed by atoms with E-state index >= 15 is 0 Å². The molecular formula is C10H14OS. The lowest BCUT2D eigenvalue weighted by Gasteiger charge is -2.00. The molecule has 0 aliphatic heterocycles. The summed E-state index contributed by atoms with van der Waals surface area (Å²) in [5.74, 6) is 1.84. The topological polar surface area (TPSA) is 9.23 Å². The molecule has 0 spiro atoms. The summed E-state index contributed by atoms with van der Waals surface area (Å²) in [6, 6.07) is 10.4. The van der Waals surface area contributed by atoms with E-state index in [2.05, 4.69) is 24.3 Å². The Balaban J connectivity index is 2.16. The summed E-state index contributed by atoms with van der Waals surface area (Å²) in [6.07, 6.45) is 0. The Morgan fingerprint density at radius 3 is 2.67 bits per heavy atom. The molecule has 0 bridgehead atoms. The fourth-order valence-electron chi connectivity index (χ4n) is 0.876. The van der Waals surface area contributed by atoms with E-state index in [9.17, 15) is 0 Å². The molecule has 0 aliphatic carbocycles. The van der Waals surface area contributed by atoms with Gasteiger partial charge in [-0.05, 0) is 12.5 Å². The second kappa shape index (κ2) is 6.09. The molecule has 0 unspecified atom stereocenters. The first-order valence-electron chi connectivity index (χ1n) is 4.13. The number of benzene rings is 1. The molecule has 1 aromatic carbocycles. The molecule has 0 amide bonds. The molecule has 0 aliphatic rings. The second-order valence-electron chi connectivity index (χ2n) is 2.44. The molecule has 0 saturated carbocycles. The zero-order chi connectivity index (χ0) is 8.65. The monoisotopic (exact) mass is 182 g/mol. The lowest BCUT2D eigenvalue weighted by molar-refractivity contribution is 0.199. The molecule has 0 N–H and O–H groups in total. The standard InChI is InChI=1S/C10H14OS/c1-2-11-9-12-8-10-6-4-3-5-7-10/h3-7H,2,8-9H2,1H3. The molecule has 12 heavy (non-hydrogen) atoms. The maximum atomic E-state index is 5.22. The van der Waals surface area contributed by atoms with Crippen molar-refractivity contribution in [1.29, 1.82) is 0 Å². The molecule has 1 rings (SSSR count). The van der Waals surface area contributed by atoms with Gasteiger partial charge in [-0.1, -0.05) is 30.3 Å². The first kappa shape index (κ1) is 9.62. The van der Waals surface area contributed by atoms with Crippen LogP contribution in [-0.4, -0.2) is 12.5 Å². The molecule has 0 aromatic heterocycles. The Morgan fingerprint density at radius 2 is 2.00 bits per heavy atom. The molecule has 0 heterocycles. The summed E-state index contributed by atoms with van der Waals surface area (Å²) >= 11 is 1.81. The van der Waals surface area contributed by atoms with Crippen LogP contribution in [0.25, 0.3) is 0 Å². The van der Waals surface area contributed by atoms with E-state index in [-0.39, 0.29) is 0 Å². The largest absolute Gasteiger partial charge is 0.371 e. The molecule has 2 heteroatoms. The van der Waals surface area contributed by atoms with Crippen LogP contribution >= 0.6 is 11.8 Å². The predicted octanol–water partition coefficient (Wildman–Crippen LogP) is 2.91. The van der Waals surface area contributed by atoms with Crippen LogP contribution in [0.2, 0.25) is 0 Å². The van der Waals surface area contributed by atoms with Gasteiger partial charge in [-0.3, -0.25) is 0 Å². The van der Waals surface area contributed by atoms with Crippen molar-refractivity contribution >= 4 is 11.8 Å². The van der Waals surface area contributed by atoms with Crippen LogP contribution in [0, 0.1) is 0 Å². The molecular weight excluding hydrogens is 168 g/mol. The lowest BCUT2D eigenvalue weighted by Crippen LogP contribution is -1.89. The number of hydrogen-bond acceptors (Lipinski definition) is 2. The van der Waals surface area contributed by atoms with Crippen molar-refractivity contribution in [2.75, 3.05) is 12.5 Å². The molecule has 1 nitrogen and oxygen atoms in total. The van der Waals surface area contributed by atoms with Gasteiger partial charge in [-0.25, -0.2) is 0 Å². The van der Waals surface area contributed by atoms with Crippen molar-refractivity contribution in [2.45, 2.75) is 12.7 Å². The Morgan fingerprint density at radius 1 is 1.25 bits per heavy atom. The Kier molecular flexibility index (Phi) is 4.88. The van der Waals surface area contributed by atoms with Crippen molar-refractivity contribution in [1.82, 2.24) is 0 Å². The molecule has 0 radical (unpaired) electrons. The fraction of sp³-hybridized carbons (Fsp3) is 0.400.